The van der Waals surface area contributed by atoms with E-state index in [9.17, 15) is 4.79 Å². The van der Waals surface area contributed by atoms with Crippen LogP contribution in [0.2, 0.25) is 0 Å². The molecule has 2 aromatic carbocycles. The summed E-state index contributed by atoms with van der Waals surface area (Å²) >= 11 is 1.81. The number of aromatic nitrogens is 1. The van der Waals surface area contributed by atoms with Gasteiger partial charge in [-0.25, -0.2) is 4.98 Å². The first kappa shape index (κ1) is 17.2. The number of carbonyl (C=O) groups is 1. The average molecular weight is 365 g/mol. The summed E-state index contributed by atoms with van der Waals surface area (Å²) in [7, 11) is 0. The first-order chi connectivity index (χ1) is 12.7. The predicted molar refractivity (Wildman–Crippen MR) is 108 cm³/mol. The van der Waals surface area contributed by atoms with Gasteiger partial charge in [-0.05, 0) is 36.5 Å². The third-order valence-electron chi connectivity index (χ3n) is 5.36. The first-order valence-corrected chi connectivity index (χ1v) is 10.2. The van der Waals surface area contributed by atoms with Gasteiger partial charge in [-0.2, -0.15) is 0 Å². The van der Waals surface area contributed by atoms with Gasteiger partial charge in [0.2, 0.25) is 5.91 Å². The number of likely N-dealkylation sites (tertiary alicyclic amines) is 1. The molecule has 0 spiro atoms. The Labute approximate surface area is 158 Å². The molecule has 0 N–H and O–H groups in total. The number of fused-ring (bicyclic) bond motifs is 1. The number of piperidine rings is 1. The molecule has 0 saturated carbocycles. The molecule has 4 rings (SSSR count). The van der Waals surface area contributed by atoms with E-state index in [-0.39, 0.29) is 11.8 Å². The maximum absolute atomic E-state index is 12.7. The van der Waals surface area contributed by atoms with Crippen LogP contribution in [0.3, 0.4) is 0 Å². The minimum absolute atomic E-state index is 0.269. The summed E-state index contributed by atoms with van der Waals surface area (Å²) in [6.07, 6.45) is 2.63. The second kappa shape index (κ2) is 7.58. The fourth-order valence-electron chi connectivity index (χ4n) is 3.73. The van der Waals surface area contributed by atoms with Crippen LogP contribution in [0.1, 0.15) is 48.6 Å². The zero-order valence-electron chi connectivity index (χ0n) is 15.1. The molecule has 3 nitrogen and oxygen atoms in total. The molecule has 1 atom stereocenters. The second-order valence-electron chi connectivity index (χ2n) is 7.19. The highest BCUT2D eigenvalue weighted by atomic mass is 32.1. The number of nitrogens with zero attached hydrogens (tertiary/aromatic N) is 2. The first-order valence-electron chi connectivity index (χ1n) is 9.39. The molecule has 26 heavy (non-hydrogen) atoms. The van der Waals surface area contributed by atoms with Gasteiger partial charge < -0.3 is 4.90 Å². The number of rotatable bonds is 4. The monoisotopic (exact) mass is 364 g/mol. The predicted octanol–water partition coefficient (Wildman–Crippen LogP) is 5.20. The zero-order chi connectivity index (χ0) is 17.9. The molecule has 1 aromatic heterocycles. The molecule has 1 aliphatic rings. The van der Waals surface area contributed by atoms with Gasteiger partial charge in [-0.3, -0.25) is 4.79 Å². The van der Waals surface area contributed by atoms with Crippen LogP contribution in [-0.2, 0) is 4.79 Å². The van der Waals surface area contributed by atoms with Crippen LogP contribution < -0.4 is 0 Å². The van der Waals surface area contributed by atoms with E-state index in [1.54, 1.807) is 11.3 Å². The Balaban J connectivity index is 1.35. The SMILES string of the molecule is C[C@@H](CC(=O)N1CCC(c2nc3ccccc3s2)CC1)c1ccccc1. The van der Waals surface area contributed by atoms with Crippen LogP contribution >= 0.6 is 11.3 Å². The number of carbonyl (C=O) groups excluding carboxylic acids is 1. The van der Waals surface area contributed by atoms with Crippen LogP contribution in [-0.4, -0.2) is 28.9 Å². The van der Waals surface area contributed by atoms with E-state index in [4.69, 9.17) is 4.98 Å². The maximum atomic E-state index is 12.7. The van der Waals surface area contributed by atoms with Gasteiger partial charge in [0.1, 0.15) is 0 Å². The fourth-order valence-corrected chi connectivity index (χ4v) is 4.87. The third-order valence-corrected chi connectivity index (χ3v) is 6.56. The Morgan fingerprint density at radius 3 is 2.54 bits per heavy atom. The van der Waals surface area contributed by atoms with Crippen molar-refractivity contribution in [3.8, 4) is 0 Å². The molecule has 1 saturated heterocycles. The number of thiazole rings is 1. The van der Waals surface area contributed by atoms with Gasteiger partial charge in [-0.15, -0.1) is 11.3 Å². The minimum atomic E-state index is 0.269. The Morgan fingerprint density at radius 2 is 1.81 bits per heavy atom. The lowest BCUT2D eigenvalue weighted by Crippen LogP contribution is -2.38. The molecular weight excluding hydrogens is 340 g/mol. The second-order valence-corrected chi connectivity index (χ2v) is 8.25. The number of hydrogen-bond acceptors (Lipinski definition) is 3. The fraction of sp³-hybridized carbons (Fsp3) is 0.364. The summed E-state index contributed by atoms with van der Waals surface area (Å²) in [4.78, 5) is 19.5. The molecule has 0 aliphatic carbocycles. The van der Waals surface area contributed by atoms with Crippen LogP contribution in [0.5, 0.6) is 0 Å². The van der Waals surface area contributed by atoms with Gasteiger partial charge in [0, 0.05) is 25.4 Å². The molecule has 1 fully saturated rings. The summed E-state index contributed by atoms with van der Waals surface area (Å²) in [6, 6.07) is 18.7. The standard InChI is InChI=1S/C22H24N2OS/c1-16(17-7-3-2-4-8-17)15-21(25)24-13-11-18(12-14-24)22-23-19-9-5-6-10-20(19)26-22/h2-10,16,18H,11-15H2,1H3/t16-/m0/s1. The molecule has 1 aliphatic heterocycles. The molecule has 3 aromatic rings. The molecule has 134 valence electrons. The molecule has 0 unspecified atom stereocenters. The van der Waals surface area contributed by atoms with Crippen molar-refractivity contribution in [3.05, 3.63) is 65.2 Å². The largest absolute Gasteiger partial charge is 0.343 e. The van der Waals surface area contributed by atoms with E-state index < -0.39 is 0 Å². The van der Waals surface area contributed by atoms with Gasteiger partial charge in [-0.1, -0.05) is 49.4 Å². The van der Waals surface area contributed by atoms with E-state index >= 15 is 0 Å². The molecule has 2 heterocycles. The quantitative estimate of drug-likeness (QED) is 0.638. The van der Waals surface area contributed by atoms with E-state index in [1.807, 2.05) is 29.2 Å². The average Bonchev–Trinajstić information content (AvgIpc) is 3.13. The zero-order valence-corrected chi connectivity index (χ0v) is 15.9. The van der Waals surface area contributed by atoms with E-state index in [0.717, 1.165) is 31.4 Å². The normalized spacial score (nSPS) is 16.7. The highest BCUT2D eigenvalue weighted by Gasteiger charge is 2.26. The minimum Gasteiger partial charge on any atom is -0.343 e. The highest BCUT2D eigenvalue weighted by Crippen LogP contribution is 2.34. The van der Waals surface area contributed by atoms with Crippen LogP contribution in [0, 0.1) is 0 Å². The van der Waals surface area contributed by atoms with E-state index in [0.29, 0.717) is 12.3 Å². The van der Waals surface area contributed by atoms with Crippen molar-refractivity contribution in [2.75, 3.05) is 13.1 Å². The van der Waals surface area contributed by atoms with Crippen molar-refractivity contribution in [1.29, 1.82) is 0 Å². The van der Waals surface area contributed by atoms with Gasteiger partial charge >= 0.3 is 0 Å². The molecule has 1 amide bonds. The number of benzene rings is 2. The molecule has 0 radical (unpaired) electrons. The van der Waals surface area contributed by atoms with Crippen LogP contribution in [0.4, 0.5) is 0 Å². The Bertz CT molecular complexity index is 848. The lowest BCUT2D eigenvalue weighted by Gasteiger charge is -2.32. The Hall–Kier alpha value is -2.20. The van der Waals surface area contributed by atoms with E-state index in [1.165, 1.54) is 15.3 Å². The summed E-state index contributed by atoms with van der Waals surface area (Å²) in [5.41, 5.74) is 2.34. The van der Waals surface area contributed by atoms with Crippen LogP contribution in [0.15, 0.2) is 54.6 Å². The smallest absolute Gasteiger partial charge is 0.223 e. The Morgan fingerprint density at radius 1 is 1.12 bits per heavy atom. The summed E-state index contributed by atoms with van der Waals surface area (Å²) < 4.78 is 1.26. The van der Waals surface area contributed by atoms with Crippen molar-refractivity contribution >= 4 is 27.5 Å². The molecule has 4 heteroatoms. The topological polar surface area (TPSA) is 33.2 Å². The third kappa shape index (κ3) is 3.65. The number of amides is 1. The van der Waals surface area contributed by atoms with Crippen molar-refractivity contribution in [3.63, 3.8) is 0 Å². The van der Waals surface area contributed by atoms with Gasteiger partial charge in [0.25, 0.3) is 0 Å². The molecule has 0 bridgehead atoms. The molecular formula is C22H24N2OS. The lowest BCUT2D eigenvalue weighted by molar-refractivity contribution is -0.132. The Kier molecular flexibility index (Phi) is 5.02. The van der Waals surface area contributed by atoms with Crippen molar-refractivity contribution < 1.29 is 4.79 Å². The maximum Gasteiger partial charge on any atom is 0.223 e. The number of para-hydroxylation sites is 1. The summed E-state index contributed by atoms with van der Waals surface area (Å²) in [6.45, 7) is 3.84. The van der Waals surface area contributed by atoms with Crippen molar-refractivity contribution in [2.24, 2.45) is 0 Å². The summed E-state index contributed by atoms with van der Waals surface area (Å²) in [5, 5.41) is 1.23. The lowest BCUT2D eigenvalue weighted by atomic mass is 9.94. The number of hydrogen-bond donors (Lipinski definition) is 0. The van der Waals surface area contributed by atoms with Gasteiger partial charge in [0.05, 0.1) is 15.2 Å². The van der Waals surface area contributed by atoms with Crippen LogP contribution in [0.25, 0.3) is 10.2 Å². The van der Waals surface area contributed by atoms with Crippen molar-refractivity contribution in [2.45, 2.75) is 38.0 Å². The van der Waals surface area contributed by atoms with E-state index in [2.05, 4.69) is 37.3 Å². The van der Waals surface area contributed by atoms with Crippen molar-refractivity contribution in [1.82, 2.24) is 9.88 Å². The highest BCUT2D eigenvalue weighted by molar-refractivity contribution is 7.18. The van der Waals surface area contributed by atoms with Gasteiger partial charge in [0.15, 0.2) is 0 Å². The summed E-state index contributed by atoms with van der Waals surface area (Å²) in [5.74, 6) is 1.04.